The Morgan fingerprint density at radius 3 is 2.02 bits per heavy atom. The number of benzene rings is 3. The first-order valence-electron chi connectivity index (χ1n) is 14.7. The van der Waals surface area contributed by atoms with Crippen molar-refractivity contribution in [1.29, 1.82) is 0 Å². The van der Waals surface area contributed by atoms with Crippen LogP contribution in [0.3, 0.4) is 0 Å². The van der Waals surface area contributed by atoms with Crippen LogP contribution < -0.4 is 10.6 Å². The lowest BCUT2D eigenvalue weighted by Crippen LogP contribution is -2.61. The third-order valence-corrected chi connectivity index (χ3v) is 8.45. The van der Waals surface area contributed by atoms with Gasteiger partial charge < -0.3 is 25.2 Å². The van der Waals surface area contributed by atoms with E-state index in [-0.39, 0.29) is 19.1 Å². The standard InChI is InChI=1S/C34H38N2O6/c1-23(41-21-24-13-5-4-6-14-24)30(31(37)36-34(32(38)39)19-11-2-3-12-20-34)35-33(40)42-22-29-27-17-9-7-15-25(27)26-16-8-10-18-28(26)29/h4-10,13-18,23,29-30H,2-3,11-12,19-22H2,1H3,(H,35,40)(H,36,37)(H,38,39)/t23-,30+/m0/s1. The first kappa shape index (κ1) is 29.3. The number of carboxylic acid groups (broad SMARTS) is 1. The Kier molecular flexibility index (Phi) is 9.22. The minimum atomic E-state index is -1.38. The van der Waals surface area contributed by atoms with Crippen molar-refractivity contribution >= 4 is 18.0 Å². The van der Waals surface area contributed by atoms with Crippen molar-refractivity contribution in [3.8, 4) is 11.1 Å². The van der Waals surface area contributed by atoms with Crippen molar-refractivity contribution < 1.29 is 29.0 Å². The zero-order chi connectivity index (χ0) is 29.5. The van der Waals surface area contributed by atoms with Crippen molar-refractivity contribution in [2.75, 3.05) is 6.61 Å². The average Bonchev–Trinajstić information content (AvgIpc) is 3.13. The number of fused-ring (bicyclic) bond motifs is 3. The number of amides is 2. The number of carbonyl (C=O) groups is 3. The van der Waals surface area contributed by atoms with Gasteiger partial charge in [-0.15, -0.1) is 0 Å². The molecule has 0 spiro atoms. The SMILES string of the molecule is C[C@H](OCc1ccccc1)[C@@H](NC(=O)OCC1c2ccccc2-c2ccccc21)C(=O)NC1(C(=O)O)CCCCCC1. The molecule has 0 bridgehead atoms. The monoisotopic (exact) mass is 570 g/mol. The summed E-state index contributed by atoms with van der Waals surface area (Å²) in [7, 11) is 0. The van der Waals surface area contributed by atoms with E-state index in [1.54, 1.807) is 6.92 Å². The van der Waals surface area contributed by atoms with E-state index in [1.807, 2.05) is 66.7 Å². The van der Waals surface area contributed by atoms with Crippen molar-refractivity contribution in [2.45, 2.75) is 75.7 Å². The number of ether oxygens (including phenoxy) is 2. The van der Waals surface area contributed by atoms with E-state index < -0.39 is 35.7 Å². The molecule has 1 fully saturated rings. The summed E-state index contributed by atoms with van der Waals surface area (Å²) in [6, 6.07) is 24.5. The maximum atomic E-state index is 13.7. The highest BCUT2D eigenvalue weighted by Crippen LogP contribution is 2.44. The van der Waals surface area contributed by atoms with Crippen LogP contribution in [0.5, 0.6) is 0 Å². The largest absolute Gasteiger partial charge is 0.480 e. The van der Waals surface area contributed by atoms with Crippen LogP contribution in [0.1, 0.15) is 68.1 Å². The lowest BCUT2D eigenvalue weighted by atomic mass is 9.89. The number of nitrogens with one attached hydrogen (secondary N) is 2. The van der Waals surface area contributed by atoms with Crippen molar-refractivity contribution in [3.05, 3.63) is 95.6 Å². The molecule has 5 rings (SSSR count). The molecule has 42 heavy (non-hydrogen) atoms. The second-order valence-electron chi connectivity index (χ2n) is 11.2. The topological polar surface area (TPSA) is 114 Å². The molecule has 220 valence electrons. The highest BCUT2D eigenvalue weighted by molar-refractivity contribution is 5.91. The van der Waals surface area contributed by atoms with E-state index in [0.717, 1.165) is 40.7 Å². The zero-order valence-electron chi connectivity index (χ0n) is 23.9. The van der Waals surface area contributed by atoms with Gasteiger partial charge in [0.25, 0.3) is 0 Å². The lowest BCUT2D eigenvalue weighted by Gasteiger charge is -2.33. The lowest BCUT2D eigenvalue weighted by molar-refractivity contribution is -0.149. The summed E-state index contributed by atoms with van der Waals surface area (Å²) >= 11 is 0. The number of carboxylic acids is 1. The minimum Gasteiger partial charge on any atom is -0.480 e. The Hall–Kier alpha value is -4.17. The molecule has 0 aromatic heterocycles. The van der Waals surface area contributed by atoms with Gasteiger partial charge in [-0.2, -0.15) is 0 Å². The summed E-state index contributed by atoms with van der Waals surface area (Å²) in [5.74, 6) is -1.80. The Morgan fingerprint density at radius 1 is 0.857 bits per heavy atom. The van der Waals surface area contributed by atoms with Gasteiger partial charge in [-0.05, 0) is 47.6 Å². The molecule has 0 aliphatic heterocycles. The molecule has 0 radical (unpaired) electrons. The normalized spacial score (nSPS) is 17.2. The van der Waals surface area contributed by atoms with Gasteiger partial charge in [0.2, 0.25) is 5.91 Å². The summed E-state index contributed by atoms with van der Waals surface area (Å²) in [5.41, 5.74) is 3.92. The Bertz CT molecular complexity index is 1350. The van der Waals surface area contributed by atoms with Crippen LogP contribution in [0.25, 0.3) is 11.1 Å². The van der Waals surface area contributed by atoms with Gasteiger partial charge >= 0.3 is 12.1 Å². The van der Waals surface area contributed by atoms with E-state index in [0.29, 0.717) is 25.7 Å². The fraction of sp³-hybridized carbons (Fsp3) is 0.382. The van der Waals surface area contributed by atoms with E-state index in [2.05, 4.69) is 22.8 Å². The molecule has 0 unspecified atom stereocenters. The molecule has 1 saturated carbocycles. The number of hydrogen-bond acceptors (Lipinski definition) is 5. The first-order chi connectivity index (χ1) is 20.4. The quantitative estimate of drug-likeness (QED) is 0.266. The third kappa shape index (κ3) is 6.49. The average molecular weight is 571 g/mol. The molecular formula is C34H38N2O6. The maximum absolute atomic E-state index is 13.7. The maximum Gasteiger partial charge on any atom is 0.407 e. The van der Waals surface area contributed by atoms with Crippen LogP contribution in [-0.4, -0.2) is 47.4 Å². The van der Waals surface area contributed by atoms with E-state index in [1.165, 1.54) is 0 Å². The van der Waals surface area contributed by atoms with Gasteiger partial charge in [0.15, 0.2) is 0 Å². The smallest absolute Gasteiger partial charge is 0.407 e. The van der Waals surface area contributed by atoms with Crippen LogP contribution in [-0.2, 0) is 25.7 Å². The molecular weight excluding hydrogens is 532 g/mol. The summed E-state index contributed by atoms with van der Waals surface area (Å²) in [6.07, 6.45) is 2.40. The number of alkyl carbamates (subject to hydrolysis) is 1. The highest BCUT2D eigenvalue weighted by atomic mass is 16.5. The van der Waals surface area contributed by atoms with Gasteiger partial charge in [0.1, 0.15) is 18.2 Å². The summed E-state index contributed by atoms with van der Waals surface area (Å²) in [5, 5.41) is 15.6. The Balaban J connectivity index is 1.30. The van der Waals surface area contributed by atoms with Crippen LogP contribution in [0.2, 0.25) is 0 Å². The fourth-order valence-electron chi connectivity index (χ4n) is 6.10. The molecule has 0 saturated heterocycles. The highest BCUT2D eigenvalue weighted by Gasteiger charge is 2.43. The van der Waals surface area contributed by atoms with Crippen molar-refractivity contribution in [2.24, 2.45) is 0 Å². The molecule has 2 aliphatic carbocycles. The Morgan fingerprint density at radius 2 is 1.43 bits per heavy atom. The summed E-state index contributed by atoms with van der Waals surface area (Å²) < 4.78 is 11.7. The molecule has 3 aromatic carbocycles. The third-order valence-electron chi connectivity index (χ3n) is 8.45. The van der Waals surface area contributed by atoms with Gasteiger partial charge in [-0.1, -0.05) is 105 Å². The molecule has 8 heteroatoms. The molecule has 2 amide bonds. The summed E-state index contributed by atoms with van der Waals surface area (Å²) in [4.78, 5) is 39.3. The van der Waals surface area contributed by atoms with Crippen LogP contribution in [0.4, 0.5) is 4.79 Å². The van der Waals surface area contributed by atoms with E-state index in [9.17, 15) is 19.5 Å². The zero-order valence-corrected chi connectivity index (χ0v) is 23.9. The fourth-order valence-corrected chi connectivity index (χ4v) is 6.10. The predicted octanol–water partition coefficient (Wildman–Crippen LogP) is 5.79. The van der Waals surface area contributed by atoms with Gasteiger partial charge in [-0.25, -0.2) is 9.59 Å². The van der Waals surface area contributed by atoms with Crippen LogP contribution in [0.15, 0.2) is 78.9 Å². The second-order valence-corrected chi connectivity index (χ2v) is 11.2. The molecule has 8 nitrogen and oxygen atoms in total. The van der Waals surface area contributed by atoms with Crippen LogP contribution >= 0.6 is 0 Å². The molecule has 0 heterocycles. The van der Waals surface area contributed by atoms with Gasteiger partial charge in [0, 0.05) is 5.92 Å². The predicted molar refractivity (Wildman–Crippen MR) is 159 cm³/mol. The molecule has 3 N–H and O–H groups in total. The second kappa shape index (κ2) is 13.2. The molecule has 3 aromatic rings. The number of hydrogen-bond donors (Lipinski definition) is 3. The van der Waals surface area contributed by atoms with Crippen molar-refractivity contribution in [3.63, 3.8) is 0 Å². The van der Waals surface area contributed by atoms with E-state index in [4.69, 9.17) is 9.47 Å². The van der Waals surface area contributed by atoms with E-state index >= 15 is 0 Å². The van der Waals surface area contributed by atoms with Crippen LogP contribution in [0, 0.1) is 0 Å². The number of rotatable bonds is 10. The number of aliphatic carboxylic acids is 1. The first-order valence-corrected chi connectivity index (χ1v) is 14.7. The Labute approximate surface area is 246 Å². The van der Waals surface area contributed by atoms with Crippen molar-refractivity contribution in [1.82, 2.24) is 10.6 Å². The summed E-state index contributed by atoms with van der Waals surface area (Å²) in [6.45, 7) is 2.01. The minimum absolute atomic E-state index is 0.0898. The molecule has 2 atom stereocenters. The molecule has 2 aliphatic rings. The van der Waals surface area contributed by atoms with Gasteiger partial charge in [0.05, 0.1) is 12.7 Å². The number of carbonyl (C=O) groups excluding carboxylic acids is 2. The van der Waals surface area contributed by atoms with Gasteiger partial charge in [-0.3, -0.25) is 4.79 Å².